The lowest BCUT2D eigenvalue weighted by Gasteiger charge is -2.11. The molecule has 1 heterocycles. The fraction of sp³-hybridized carbons (Fsp3) is 0.455. The average molecular weight is 464 g/mol. The number of aromatic nitrogens is 1. The summed E-state index contributed by atoms with van der Waals surface area (Å²) in [6, 6.07) is 0. The molecule has 0 saturated heterocycles. The molecule has 4 nitrogen and oxygen atoms in total. The van der Waals surface area contributed by atoms with Crippen molar-refractivity contribution >= 4 is 45.2 Å². The van der Waals surface area contributed by atoms with Gasteiger partial charge in [0.1, 0.15) is 0 Å². The summed E-state index contributed by atoms with van der Waals surface area (Å²) >= 11 is 3.90. The van der Waals surface area contributed by atoms with Gasteiger partial charge in [-0.2, -0.15) is 0 Å². The molecular weight excluding hydrogens is 448 g/mol. The Morgan fingerprint density at radius 2 is 1.82 bits per heavy atom. The monoisotopic (exact) mass is 464 g/mol. The number of halogens is 2. The first-order chi connectivity index (χ1) is 7.96. The average Bonchev–Trinajstić information content (AvgIpc) is 2.26. The van der Waals surface area contributed by atoms with Gasteiger partial charge in [0.15, 0.2) is 0 Å². The molecule has 6 heteroatoms. The highest BCUT2D eigenvalue weighted by atomic mass is 127. The van der Waals surface area contributed by atoms with Crippen molar-refractivity contribution in [1.82, 2.24) is 4.57 Å². The molecule has 1 atom stereocenters. The van der Waals surface area contributed by atoms with Crippen LogP contribution in [0.15, 0.2) is 17.2 Å². The third-order valence-electron chi connectivity index (χ3n) is 1.62. The Hall–Kier alpha value is 0.330. The van der Waals surface area contributed by atoms with Crippen LogP contribution in [0.5, 0.6) is 0 Å². The minimum atomic E-state index is -0.788. The van der Waals surface area contributed by atoms with Gasteiger partial charge in [0.05, 0.1) is 26.4 Å². The summed E-state index contributed by atoms with van der Waals surface area (Å²) in [5.41, 5.74) is 0.000869. The number of aliphatic hydroxyl groups excluding tert-OH is 2. The Balaban J connectivity index is 0.000000770. The maximum absolute atomic E-state index is 11.3. The molecule has 1 aromatic heterocycles. The highest BCUT2D eigenvalue weighted by molar-refractivity contribution is 14.1. The van der Waals surface area contributed by atoms with E-state index in [1.807, 2.05) is 52.1 Å². The van der Waals surface area contributed by atoms with E-state index in [9.17, 15) is 9.90 Å². The molecule has 1 aromatic rings. The van der Waals surface area contributed by atoms with Crippen LogP contribution < -0.4 is 5.43 Å². The third-order valence-corrected chi connectivity index (χ3v) is 3.16. The van der Waals surface area contributed by atoms with E-state index in [4.69, 9.17) is 5.11 Å². The normalized spacial score (nSPS) is 11.6. The zero-order valence-corrected chi connectivity index (χ0v) is 13.9. The molecule has 1 unspecified atom stereocenters. The Morgan fingerprint density at radius 3 is 2.18 bits per heavy atom. The number of aliphatic hydroxyl groups is 2. The first-order valence-electron chi connectivity index (χ1n) is 5.09. The van der Waals surface area contributed by atoms with Gasteiger partial charge in [-0.25, -0.2) is 0 Å². The summed E-state index contributed by atoms with van der Waals surface area (Å²) in [6.45, 7) is 5.52. The van der Waals surface area contributed by atoms with Crippen molar-refractivity contribution in [3.8, 4) is 0 Å². The number of rotatable bonds is 3. The van der Waals surface area contributed by atoms with Crippen LogP contribution in [0.3, 0.4) is 0 Å². The lowest BCUT2D eigenvalue weighted by atomic mass is 10.3. The molecule has 0 aliphatic rings. The zero-order valence-electron chi connectivity index (χ0n) is 9.57. The molecule has 0 aliphatic carbocycles. The smallest absolute Gasteiger partial charge is 0.208 e. The highest BCUT2D eigenvalue weighted by Crippen LogP contribution is 2.04. The van der Waals surface area contributed by atoms with Gasteiger partial charge in [0, 0.05) is 12.4 Å². The van der Waals surface area contributed by atoms with Crippen molar-refractivity contribution in [2.75, 3.05) is 6.61 Å². The van der Waals surface area contributed by atoms with Crippen molar-refractivity contribution in [1.29, 1.82) is 0 Å². The molecule has 0 bridgehead atoms. The van der Waals surface area contributed by atoms with Crippen molar-refractivity contribution in [3.63, 3.8) is 0 Å². The van der Waals surface area contributed by atoms with Gasteiger partial charge < -0.3 is 14.8 Å². The Bertz CT molecular complexity index is 367. The summed E-state index contributed by atoms with van der Waals surface area (Å²) in [5, 5.41) is 17.9. The van der Waals surface area contributed by atoms with Crippen LogP contribution in [-0.4, -0.2) is 27.5 Å². The molecule has 0 fully saturated rings. The third kappa shape index (κ3) is 6.73. The van der Waals surface area contributed by atoms with E-state index >= 15 is 0 Å². The highest BCUT2D eigenvalue weighted by Gasteiger charge is 2.06. The van der Waals surface area contributed by atoms with Crippen LogP contribution >= 0.6 is 45.2 Å². The second-order valence-corrected chi connectivity index (χ2v) is 5.64. The molecule has 1 radical (unpaired) electrons. The van der Waals surface area contributed by atoms with Crippen LogP contribution in [0.2, 0.25) is 0 Å². The molecule has 0 aromatic carbocycles. The van der Waals surface area contributed by atoms with Crippen LogP contribution in [-0.2, 0) is 6.54 Å². The van der Waals surface area contributed by atoms with Crippen LogP contribution in [0.1, 0.15) is 13.3 Å². The first-order valence-corrected chi connectivity index (χ1v) is 7.25. The quantitative estimate of drug-likeness (QED) is 0.670. The minimum Gasteiger partial charge on any atom is -0.394 e. The van der Waals surface area contributed by atoms with Crippen LogP contribution in [0.25, 0.3) is 0 Å². The molecule has 1 rings (SSSR count). The van der Waals surface area contributed by atoms with E-state index in [-0.39, 0.29) is 12.0 Å². The van der Waals surface area contributed by atoms with Crippen molar-refractivity contribution in [2.45, 2.75) is 26.0 Å². The molecule has 17 heavy (non-hydrogen) atoms. The largest absolute Gasteiger partial charge is 0.394 e. The lowest BCUT2D eigenvalue weighted by molar-refractivity contribution is 0.0810. The van der Waals surface area contributed by atoms with Gasteiger partial charge in [-0.05, 0) is 45.2 Å². The fourth-order valence-corrected chi connectivity index (χ4v) is 2.78. The molecule has 0 amide bonds. The van der Waals surface area contributed by atoms with E-state index in [2.05, 4.69) is 6.92 Å². The summed E-state index contributed by atoms with van der Waals surface area (Å²) in [7, 11) is 0. The predicted octanol–water partition coefficient (Wildman–Crippen LogP) is 1.64. The summed E-state index contributed by atoms with van der Waals surface area (Å²) < 4.78 is 2.92. The lowest BCUT2D eigenvalue weighted by Crippen LogP contribution is -2.22. The number of hydrogen-bond acceptors (Lipinski definition) is 3. The van der Waals surface area contributed by atoms with Gasteiger partial charge >= 0.3 is 0 Å². The standard InChI is InChI=1S/C8H9I2NO3.C3H7/c9-6-2-11(1-5(13)4-12)3-7(10)8(6)14;1-3-2/h2-3,5,12-13H,1,4H2;1,3H2,2H3. The number of pyridine rings is 1. The van der Waals surface area contributed by atoms with E-state index in [0.29, 0.717) is 13.7 Å². The second-order valence-electron chi connectivity index (χ2n) is 3.32. The Labute approximate surface area is 128 Å². The SMILES string of the molecule is O=c1c(I)cn(CC(O)CO)cc1I.[CH2]CC. The summed E-state index contributed by atoms with van der Waals surface area (Å²) in [6.07, 6.45) is 3.53. The summed E-state index contributed by atoms with van der Waals surface area (Å²) in [5.74, 6) is 0. The van der Waals surface area contributed by atoms with Gasteiger partial charge in [0.25, 0.3) is 0 Å². The van der Waals surface area contributed by atoms with E-state index in [1.165, 1.54) is 0 Å². The molecule has 97 valence electrons. The minimum absolute atomic E-state index is 0.000869. The van der Waals surface area contributed by atoms with E-state index in [1.54, 1.807) is 17.0 Å². The van der Waals surface area contributed by atoms with Crippen molar-refractivity contribution in [3.05, 3.63) is 36.7 Å². The molecular formula is C11H16I2NO3. The van der Waals surface area contributed by atoms with E-state index < -0.39 is 6.10 Å². The molecule has 0 aliphatic heterocycles. The van der Waals surface area contributed by atoms with Gasteiger partial charge in [-0.3, -0.25) is 4.79 Å². The molecule has 2 N–H and O–H groups in total. The Morgan fingerprint density at radius 1 is 1.41 bits per heavy atom. The molecule has 0 saturated carbocycles. The first kappa shape index (κ1) is 17.3. The number of hydrogen-bond donors (Lipinski definition) is 2. The van der Waals surface area contributed by atoms with Crippen LogP contribution in [0.4, 0.5) is 0 Å². The maximum atomic E-state index is 11.3. The molecule has 0 spiro atoms. The Kier molecular flexibility index (Phi) is 9.47. The van der Waals surface area contributed by atoms with Gasteiger partial charge in [-0.1, -0.05) is 20.3 Å². The fourth-order valence-electron chi connectivity index (χ4n) is 0.966. The zero-order chi connectivity index (χ0) is 13.4. The van der Waals surface area contributed by atoms with Gasteiger partial charge in [0.2, 0.25) is 5.43 Å². The summed E-state index contributed by atoms with van der Waals surface area (Å²) in [4.78, 5) is 11.3. The number of nitrogens with zero attached hydrogens (tertiary/aromatic N) is 1. The van der Waals surface area contributed by atoms with Crippen LogP contribution in [0, 0.1) is 14.1 Å². The van der Waals surface area contributed by atoms with Gasteiger partial charge in [-0.15, -0.1) is 0 Å². The maximum Gasteiger partial charge on any atom is 0.208 e. The van der Waals surface area contributed by atoms with Crippen molar-refractivity contribution < 1.29 is 10.2 Å². The second kappa shape index (κ2) is 9.29. The van der Waals surface area contributed by atoms with E-state index in [0.717, 1.165) is 6.42 Å². The van der Waals surface area contributed by atoms with Crippen molar-refractivity contribution in [2.24, 2.45) is 0 Å². The predicted molar refractivity (Wildman–Crippen MR) is 84.9 cm³/mol. The topological polar surface area (TPSA) is 62.5 Å².